The molecule has 2 aromatic rings. The van der Waals surface area contributed by atoms with Gasteiger partial charge in [-0.1, -0.05) is 0 Å². The summed E-state index contributed by atoms with van der Waals surface area (Å²) in [6, 6.07) is 7.51. The van der Waals surface area contributed by atoms with Crippen molar-refractivity contribution in [2.24, 2.45) is 0 Å². The maximum absolute atomic E-state index is 5.76. The van der Waals surface area contributed by atoms with Crippen LogP contribution in [0.3, 0.4) is 0 Å². The van der Waals surface area contributed by atoms with E-state index in [1.807, 2.05) is 24.3 Å². The first-order chi connectivity index (χ1) is 9.33. The van der Waals surface area contributed by atoms with Crippen LogP contribution in [-0.4, -0.2) is 15.8 Å². The molecule has 0 amide bonds. The van der Waals surface area contributed by atoms with Crippen molar-refractivity contribution in [3.8, 4) is 11.5 Å². The van der Waals surface area contributed by atoms with E-state index in [0.29, 0.717) is 0 Å². The minimum absolute atomic E-state index is 0.725. The van der Waals surface area contributed by atoms with Crippen molar-refractivity contribution in [1.29, 1.82) is 0 Å². The van der Waals surface area contributed by atoms with E-state index in [1.54, 1.807) is 30.4 Å². The maximum Gasteiger partial charge on any atom is 0.145 e. The molecule has 1 aliphatic heterocycles. The number of thioether (sulfide) groups is 1. The normalized spacial score (nSPS) is 14.4. The number of nitrogens with zero attached hydrogens (tertiary/aromatic N) is 3. The molecule has 0 aliphatic carbocycles. The first-order valence-electron chi connectivity index (χ1n) is 5.93. The lowest BCUT2D eigenvalue weighted by Crippen LogP contribution is -2.16. The Hall–Kier alpha value is -2.01. The van der Waals surface area contributed by atoms with E-state index >= 15 is 0 Å². The number of ether oxygens (including phenoxy) is 1. The fraction of sp³-hybridized carbons (Fsp3) is 0.143. The fourth-order valence-corrected chi connectivity index (χ4v) is 2.73. The largest absolute Gasteiger partial charge is 0.456 e. The highest BCUT2D eigenvalue weighted by Crippen LogP contribution is 2.30. The highest BCUT2D eigenvalue weighted by atomic mass is 32.2. The molecule has 3 heterocycles. The third-order valence-corrected chi connectivity index (χ3v) is 3.66. The SMILES string of the molecule is CC1=CSCN1c1cc(Oc2cccnc2)ccn1. The summed E-state index contributed by atoms with van der Waals surface area (Å²) in [5, 5.41) is 2.14. The van der Waals surface area contributed by atoms with Crippen molar-refractivity contribution in [1.82, 2.24) is 9.97 Å². The Labute approximate surface area is 116 Å². The molecule has 0 bridgehead atoms. The molecule has 0 saturated carbocycles. The van der Waals surface area contributed by atoms with Crippen LogP contribution in [0.5, 0.6) is 11.5 Å². The van der Waals surface area contributed by atoms with Gasteiger partial charge in [0.15, 0.2) is 0 Å². The number of pyridine rings is 2. The van der Waals surface area contributed by atoms with Crippen LogP contribution in [0, 0.1) is 0 Å². The molecule has 0 spiro atoms. The number of aromatic nitrogens is 2. The lowest BCUT2D eigenvalue weighted by atomic mass is 10.3. The predicted octanol–water partition coefficient (Wildman–Crippen LogP) is 3.64. The van der Waals surface area contributed by atoms with Gasteiger partial charge in [0.2, 0.25) is 0 Å². The first-order valence-corrected chi connectivity index (χ1v) is 6.98. The van der Waals surface area contributed by atoms with Gasteiger partial charge in [-0.05, 0) is 30.5 Å². The predicted molar refractivity (Wildman–Crippen MR) is 77.2 cm³/mol. The van der Waals surface area contributed by atoms with Crippen LogP contribution in [0.4, 0.5) is 5.82 Å². The van der Waals surface area contributed by atoms with Crippen LogP contribution in [0.15, 0.2) is 54.0 Å². The molecule has 0 unspecified atom stereocenters. The average Bonchev–Trinajstić information content (AvgIpc) is 2.86. The highest BCUT2D eigenvalue weighted by Gasteiger charge is 2.15. The van der Waals surface area contributed by atoms with E-state index < -0.39 is 0 Å². The standard InChI is InChI=1S/C14H13N3OS/c1-11-9-19-10-17(11)14-7-12(4-6-16-14)18-13-3-2-5-15-8-13/h2-9H,10H2,1H3. The van der Waals surface area contributed by atoms with Gasteiger partial charge in [0.1, 0.15) is 17.3 Å². The quantitative estimate of drug-likeness (QED) is 0.852. The Balaban J connectivity index is 1.82. The van der Waals surface area contributed by atoms with E-state index in [1.165, 1.54) is 5.70 Å². The smallest absolute Gasteiger partial charge is 0.145 e. The van der Waals surface area contributed by atoms with Crippen LogP contribution in [0.25, 0.3) is 0 Å². The van der Waals surface area contributed by atoms with E-state index in [-0.39, 0.29) is 0 Å². The number of allylic oxidation sites excluding steroid dienone is 1. The Morgan fingerprint density at radius 1 is 1.26 bits per heavy atom. The van der Waals surface area contributed by atoms with Gasteiger partial charge in [0.05, 0.1) is 12.1 Å². The topological polar surface area (TPSA) is 38.2 Å². The van der Waals surface area contributed by atoms with E-state index in [2.05, 4.69) is 27.2 Å². The fourth-order valence-electron chi connectivity index (χ4n) is 1.80. The minimum atomic E-state index is 0.725. The Morgan fingerprint density at radius 3 is 2.95 bits per heavy atom. The summed E-state index contributed by atoms with van der Waals surface area (Å²) in [7, 11) is 0. The van der Waals surface area contributed by atoms with Crippen molar-refractivity contribution in [3.63, 3.8) is 0 Å². The average molecular weight is 271 g/mol. The van der Waals surface area contributed by atoms with Gasteiger partial charge < -0.3 is 9.64 Å². The molecule has 3 rings (SSSR count). The van der Waals surface area contributed by atoms with Crippen molar-refractivity contribution < 1.29 is 4.74 Å². The van der Waals surface area contributed by atoms with Gasteiger partial charge in [-0.25, -0.2) is 4.98 Å². The molecular weight excluding hydrogens is 258 g/mol. The second-order valence-corrected chi connectivity index (χ2v) is 4.95. The number of rotatable bonds is 3. The molecule has 0 radical (unpaired) electrons. The van der Waals surface area contributed by atoms with Gasteiger partial charge in [-0.15, -0.1) is 11.8 Å². The van der Waals surface area contributed by atoms with E-state index in [0.717, 1.165) is 23.2 Å². The zero-order chi connectivity index (χ0) is 13.1. The summed E-state index contributed by atoms with van der Waals surface area (Å²) in [6.07, 6.45) is 5.18. The van der Waals surface area contributed by atoms with Crippen LogP contribution >= 0.6 is 11.8 Å². The molecule has 19 heavy (non-hydrogen) atoms. The molecule has 0 saturated heterocycles. The van der Waals surface area contributed by atoms with Crippen LogP contribution in [-0.2, 0) is 0 Å². The summed E-state index contributed by atoms with van der Waals surface area (Å²) in [6.45, 7) is 2.08. The monoisotopic (exact) mass is 271 g/mol. The number of anilines is 1. The Morgan fingerprint density at radius 2 is 2.21 bits per heavy atom. The molecule has 2 aromatic heterocycles. The summed E-state index contributed by atoms with van der Waals surface area (Å²) in [4.78, 5) is 10.6. The Kier molecular flexibility index (Phi) is 3.37. The van der Waals surface area contributed by atoms with Crippen LogP contribution in [0.1, 0.15) is 6.92 Å². The van der Waals surface area contributed by atoms with E-state index in [4.69, 9.17) is 4.74 Å². The minimum Gasteiger partial charge on any atom is -0.456 e. The van der Waals surface area contributed by atoms with Gasteiger partial charge in [0.25, 0.3) is 0 Å². The van der Waals surface area contributed by atoms with Gasteiger partial charge in [-0.2, -0.15) is 0 Å². The number of hydrogen-bond donors (Lipinski definition) is 0. The summed E-state index contributed by atoms with van der Waals surface area (Å²) in [5.41, 5.74) is 1.20. The zero-order valence-electron chi connectivity index (χ0n) is 10.5. The first kappa shape index (κ1) is 12.0. The third kappa shape index (κ3) is 2.71. The zero-order valence-corrected chi connectivity index (χ0v) is 11.3. The van der Waals surface area contributed by atoms with Crippen molar-refractivity contribution in [2.75, 3.05) is 10.8 Å². The molecule has 0 aromatic carbocycles. The lowest BCUT2D eigenvalue weighted by Gasteiger charge is -2.18. The van der Waals surface area contributed by atoms with Gasteiger partial charge in [0, 0.05) is 24.2 Å². The molecule has 0 atom stereocenters. The molecule has 1 aliphatic rings. The second-order valence-electron chi connectivity index (χ2n) is 4.12. The van der Waals surface area contributed by atoms with Crippen LogP contribution < -0.4 is 9.64 Å². The van der Waals surface area contributed by atoms with Crippen molar-refractivity contribution in [3.05, 3.63) is 54.0 Å². The third-order valence-electron chi connectivity index (χ3n) is 2.75. The van der Waals surface area contributed by atoms with E-state index in [9.17, 15) is 0 Å². The lowest BCUT2D eigenvalue weighted by molar-refractivity contribution is 0.479. The molecule has 5 heteroatoms. The maximum atomic E-state index is 5.76. The van der Waals surface area contributed by atoms with Crippen LogP contribution in [0.2, 0.25) is 0 Å². The highest BCUT2D eigenvalue weighted by molar-refractivity contribution is 8.02. The molecule has 96 valence electrons. The molecule has 0 N–H and O–H groups in total. The molecule has 4 nitrogen and oxygen atoms in total. The summed E-state index contributed by atoms with van der Waals surface area (Å²) >= 11 is 1.77. The summed E-state index contributed by atoms with van der Waals surface area (Å²) < 4.78 is 5.76. The molecular formula is C14H13N3OS. The van der Waals surface area contributed by atoms with Gasteiger partial charge >= 0.3 is 0 Å². The summed E-state index contributed by atoms with van der Waals surface area (Å²) in [5.74, 6) is 3.29. The molecule has 0 fully saturated rings. The van der Waals surface area contributed by atoms with Crippen molar-refractivity contribution in [2.45, 2.75) is 6.92 Å². The second kappa shape index (κ2) is 5.32. The van der Waals surface area contributed by atoms with Crippen molar-refractivity contribution >= 4 is 17.6 Å². The van der Waals surface area contributed by atoms with Gasteiger partial charge in [-0.3, -0.25) is 4.98 Å². The number of hydrogen-bond acceptors (Lipinski definition) is 5. The Bertz CT molecular complexity index is 601.